The SMILES string of the molecule is c1ccc(C2=NC(c3ccccc3)NC(c3cccc4c3sc3cc5c(cc34)c3ccccc3n5-c3ccccc3)N2)cc1. The molecule has 0 fully saturated rings. The van der Waals surface area contributed by atoms with E-state index < -0.39 is 0 Å². The van der Waals surface area contributed by atoms with E-state index in [0.717, 1.165) is 17.0 Å². The fourth-order valence-electron chi connectivity index (χ4n) is 6.63. The van der Waals surface area contributed by atoms with Gasteiger partial charge in [0, 0.05) is 47.8 Å². The summed E-state index contributed by atoms with van der Waals surface area (Å²) in [6.45, 7) is 0. The second-order valence-corrected chi connectivity index (χ2v) is 12.3. The summed E-state index contributed by atoms with van der Waals surface area (Å²) in [6, 6.07) is 51.8. The van der Waals surface area contributed by atoms with Crippen molar-refractivity contribution in [2.24, 2.45) is 4.99 Å². The zero-order chi connectivity index (χ0) is 29.0. The van der Waals surface area contributed by atoms with Crippen LogP contribution >= 0.6 is 11.3 Å². The van der Waals surface area contributed by atoms with Gasteiger partial charge in [-0.1, -0.05) is 115 Å². The van der Waals surface area contributed by atoms with Crippen molar-refractivity contribution in [1.29, 1.82) is 0 Å². The molecule has 0 radical (unpaired) electrons. The van der Waals surface area contributed by atoms with E-state index >= 15 is 0 Å². The van der Waals surface area contributed by atoms with Gasteiger partial charge in [-0.3, -0.25) is 5.32 Å². The second kappa shape index (κ2) is 10.2. The van der Waals surface area contributed by atoms with Crippen molar-refractivity contribution in [3.05, 3.63) is 162 Å². The molecule has 0 saturated carbocycles. The lowest BCUT2D eigenvalue weighted by Gasteiger charge is -2.32. The van der Waals surface area contributed by atoms with E-state index in [1.807, 2.05) is 17.4 Å². The summed E-state index contributed by atoms with van der Waals surface area (Å²) in [5.41, 5.74) is 7.09. The lowest BCUT2D eigenvalue weighted by atomic mass is 10.0. The third-order valence-electron chi connectivity index (χ3n) is 8.67. The summed E-state index contributed by atoms with van der Waals surface area (Å²) in [5.74, 6) is 0.899. The molecule has 5 heteroatoms. The highest BCUT2D eigenvalue weighted by Gasteiger charge is 2.27. The summed E-state index contributed by atoms with van der Waals surface area (Å²) < 4.78 is 4.97. The number of hydrogen-bond donors (Lipinski definition) is 2. The molecular weight excluding hydrogens is 557 g/mol. The number of rotatable bonds is 4. The van der Waals surface area contributed by atoms with Crippen molar-refractivity contribution in [3.8, 4) is 5.69 Å². The monoisotopic (exact) mass is 584 g/mol. The fourth-order valence-corrected chi connectivity index (χ4v) is 7.89. The highest BCUT2D eigenvalue weighted by molar-refractivity contribution is 7.26. The number of fused-ring (bicyclic) bond motifs is 6. The third kappa shape index (κ3) is 4.05. The molecule has 44 heavy (non-hydrogen) atoms. The number of hydrogen-bond acceptors (Lipinski definition) is 4. The van der Waals surface area contributed by atoms with Crippen LogP contribution in [0.15, 0.2) is 151 Å². The van der Waals surface area contributed by atoms with Gasteiger partial charge in [-0.2, -0.15) is 0 Å². The standard InChI is InChI=1S/C39H28N4S/c1-4-13-25(14-5-1)37-40-38(26-15-6-2-7-16-26)42-39(41-37)30-21-12-20-29-32-23-31-28-19-10-11-22-33(28)43(27-17-8-3-9-18-27)34(31)24-35(32)44-36(29)30/h1-24,37,39,41H,(H,40,42). The van der Waals surface area contributed by atoms with Gasteiger partial charge in [0.2, 0.25) is 0 Å². The Morgan fingerprint density at radius 2 is 1.30 bits per heavy atom. The summed E-state index contributed by atoms with van der Waals surface area (Å²) in [7, 11) is 0. The number of aromatic nitrogens is 1. The first-order valence-electron chi connectivity index (χ1n) is 15.0. The van der Waals surface area contributed by atoms with E-state index in [9.17, 15) is 0 Å². The summed E-state index contributed by atoms with van der Waals surface area (Å²) >= 11 is 1.87. The van der Waals surface area contributed by atoms with Crippen molar-refractivity contribution >= 4 is 59.2 Å². The third-order valence-corrected chi connectivity index (χ3v) is 9.89. The molecule has 6 aromatic carbocycles. The Labute approximate surface area is 258 Å². The smallest absolute Gasteiger partial charge is 0.131 e. The molecule has 2 unspecified atom stereocenters. The van der Waals surface area contributed by atoms with Crippen molar-refractivity contribution in [2.75, 3.05) is 0 Å². The predicted octanol–water partition coefficient (Wildman–Crippen LogP) is 9.49. The molecule has 1 aliphatic heterocycles. The van der Waals surface area contributed by atoms with Gasteiger partial charge in [0.25, 0.3) is 0 Å². The maximum atomic E-state index is 5.11. The Morgan fingerprint density at radius 1 is 0.591 bits per heavy atom. The number of para-hydroxylation sites is 2. The average molecular weight is 585 g/mol. The lowest BCUT2D eigenvalue weighted by Crippen LogP contribution is -2.45. The number of thiophene rings is 1. The number of benzene rings is 6. The summed E-state index contributed by atoms with van der Waals surface area (Å²) in [4.78, 5) is 5.11. The highest BCUT2D eigenvalue weighted by Crippen LogP contribution is 2.43. The summed E-state index contributed by atoms with van der Waals surface area (Å²) in [5, 5.41) is 12.7. The van der Waals surface area contributed by atoms with Gasteiger partial charge in [-0.05, 0) is 35.9 Å². The molecule has 2 N–H and O–H groups in total. The molecule has 0 saturated heterocycles. The molecule has 210 valence electrons. The number of nitrogens with one attached hydrogen (secondary N) is 2. The molecule has 3 heterocycles. The average Bonchev–Trinajstić information content (AvgIpc) is 3.63. The minimum Gasteiger partial charge on any atom is -0.350 e. The maximum Gasteiger partial charge on any atom is 0.131 e. The maximum absolute atomic E-state index is 5.11. The van der Waals surface area contributed by atoms with Crippen LogP contribution in [0.1, 0.15) is 29.0 Å². The first-order valence-corrected chi connectivity index (χ1v) is 15.8. The molecule has 2 aromatic heterocycles. The van der Waals surface area contributed by atoms with Crippen LogP contribution in [0.2, 0.25) is 0 Å². The van der Waals surface area contributed by atoms with Crippen LogP contribution in [0.4, 0.5) is 0 Å². The predicted molar refractivity (Wildman–Crippen MR) is 185 cm³/mol. The van der Waals surface area contributed by atoms with Crippen LogP contribution in [0, 0.1) is 0 Å². The molecule has 0 bridgehead atoms. The van der Waals surface area contributed by atoms with Gasteiger partial charge >= 0.3 is 0 Å². The molecule has 0 amide bonds. The number of aliphatic imine (C=N–C) groups is 1. The quantitative estimate of drug-likeness (QED) is 0.216. The van der Waals surface area contributed by atoms with Crippen molar-refractivity contribution in [1.82, 2.24) is 15.2 Å². The van der Waals surface area contributed by atoms with Crippen LogP contribution in [-0.4, -0.2) is 10.4 Å². The Morgan fingerprint density at radius 3 is 2.11 bits per heavy atom. The molecule has 0 aliphatic carbocycles. The van der Waals surface area contributed by atoms with Crippen LogP contribution in [-0.2, 0) is 0 Å². The van der Waals surface area contributed by atoms with E-state index in [-0.39, 0.29) is 12.3 Å². The van der Waals surface area contributed by atoms with E-state index in [2.05, 4.69) is 155 Å². The van der Waals surface area contributed by atoms with Gasteiger partial charge < -0.3 is 9.88 Å². The molecule has 2 atom stereocenters. The van der Waals surface area contributed by atoms with E-state index in [1.54, 1.807) is 0 Å². The second-order valence-electron chi connectivity index (χ2n) is 11.3. The molecule has 8 aromatic rings. The Balaban J connectivity index is 1.23. The lowest BCUT2D eigenvalue weighted by molar-refractivity contribution is 0.411. The topological polar surface area (TPSA) is 41.4 Å². The largest absolute Gasteiger partial charge is 0.350 e. The van der Waals surface area contributed by atoms with Crippen LogP contribution in [0.3, 0.4) is 0 Å². The van der Waals surface area contributed by atoms with Gasteiger partial charge in [0.05, 0.1) is 11.0 Å². The fraction of sp³-hybridized carbons (Fsp3) is 0.0513. The zero-order valence-corrected chi connectivity index (χ0v) is 24.6. The highest BCUT2D eigenvalue weighted by atomic mass is 32.1. The molecule has 4 nitrogen and oxygen atoms in total. The molecule has 1 aliphatic rings. The molecular formula is C39H28N4S. The van der Waals surface area contributed by atoms with E-state index in [4.69, 9.17) is 4.99 Å². The summed E-state index contributed by atoms with van der Waals surface area (Å²) in [6.07, 6.45) is -0.278. The Bertz CT molecular complexity index is 2340. The van der Waals surface area contributed by atoms with Crippen molar-refractivity contribution in [2.45, 2.75) is 12.3 Å². The molecule has 9 rings (SSSR count). The van der Waals surface area contributed by atoms with Crippen molar-refractivity contribution < 1.29 is 0 Å². The minimum atomic E-state index is -0.165. The first-order chi connectivity index (χ1) is 21.8. The Kier molecular flexibility index (Phi) is 5.86. The zero-order valence-electron chi connectivity index (χ0n) is 23.8. The van der Waals surface area contributed by atoms with Crippen molar-refractivity contribution in [3.63, 3.8) is 0 Å². The Hall–Kier alpha value is -5.23. The van der Waals surface area contributed by atoms with E-state index in [1.165, 1.54) is 53.2 Å². The van der Waals surface area contributed by atoms with Gasteiger partial charge in [-0.15, -0.1) is 11.3 Å². The van der Waals surface area contributed by atoms with Gasteiger partial charge in [-0.25, -0.2) is 4.99 Å². The van der Waals surface area contributed by atoms with Gasteiger partial charge in [0.15, 0.2) is 0 Å². The number of amidine groups is 1. The first kappa shape index (κ1) is 25.3. The van der Waals surface area contributed by atoms with Crippen LogP contribution in [0.5, 0.6) is 0 Å². The van der Waals surface area contributed by atoms with E-state index in [0.29, 0.717) is 0 Å². The number of nitrogens with zero attached hydrogens (tertiary/aromatic N) is 2. The van der Waals surface area contributed by atoms with Crippen LogP contribution < -0.4 is 10.6 Å². The minimum absolute atomic E-state index is 0.113. The van der Waals surface area contributed by atoms with Crippen LogP contribution in [0.25, 0.3) is 47.7 Å². The molecule has 0 spiro atoms. The van der Waals surface area contributed by atoms with Gasteiger partial charge in [0.1, 0.15) is 18.2 Å². The normalized spacial score (nSPS) is 16.9.